The number of nitrogens with zero attached hydrogens (tertiary/aromatic N) is 2. The average Bonchev–Trinajstić information content (AvgIpc) is 3.14. The number of pyridine rings is 1. The second-order valence-electron chi connectivity index (χ2n) is 6.32. The maximum atomic E-state index is 12.9. The van der Waals surface area contributed by atoms with E-state index in [4.69, 9.17) is 0 Å². The molecule has 0 fully saturated rings. The molecule has 4 aromatic rings. The molecule has 29 heavy (non-hydrogen) atoms. The van der Waals surface area contributed by atoms with Gasteiger partial charge >= 0.3 is 6.18 Å². The number of imidazole rings is 1. The molecular formula is C21H16F3N3S2. The van der Waals surface area contributed by atoms with Crippen molar-refractivity contribution in [2.75, 3.05) is 0 Å². The molecule has 0 aliphatic carbocycles. The summed E-state index contributed by atoms with van der Waals surface area (Å²) in [4.78, 5) is 13.2. The van der Waals surface area contributed by atoms with Crippen molar-refractivity contribution in [2.45, 2.75) is 27.7 Å². The van der Waals surface area contributed by atoms with Crippen LogP contribution in [0.5, 0.6) is 0 Å². The highest BCUT2D eigenvalue weighted by Gasteiger charge is 2.30. The highest BCUT2D eigenvalue weighted by atomic mass is 32.2. The zero-order valence-electron chi connectivity index (χ0n) is 15.1. The molecule has 0 bridgehead atoms. The first kappa shape index (κ1) is 19.8. The van der Waals surface area contributed by atoms with Crippen LogP contribution in [0.4, 0.5) is 13.2 Å². The standard InChI is InChI=1S/C21H16F3N3S2/c22-21(23,24)15-5-3-4-14(10-15)12-28-17-8-9-25-16(11-17)13-29-20-26-18-6-1-2-7-19(18)27-20/h1-11H,12-13H2,(H,26,27). The third-order valence-electron chi connectivity index (χ3n) is 4.17. The average molecular weight is 432 g/mol. The molecule has 0 aliphatic heterocycles. The van der Waals surface area contributed by atoms with Gasteiger partial charge in [0.25, 0.3) is 0 Å². The molecule has 0 radical (unpaired) electrons. The number of alkyl halides is 3. The molecule has 0 amide bonds. The number of nitrogens with one attached hydrogen (secondary N) is 1. The molecule has 2 aromatic heterocycles. The highest BCUT2D eigenvalue weighted by Crippen LogP contribution is 2.31. The van der Waals surface area contributed by atoms with E-state index in [2.05, 4.69) is 15.0 Å². The van der Waals surface area contributed by atoms with E-state index in [0.29, 0.717) is 17.1 Å². The van der Waals surface area contributed by atoms with E-state index in [-0.39, 0.29) is 0 Å². The molecule has 148 valence electrons. The largest absolute Gasteiger partial charge is 0.416 e. The summed E-state index contributed by atoms with van der Waals surface area (Å²) in [6, 6.07) is 17.1. The van der Waals surface area contributed by atoms with Crippen molar-refractivity contribution in [2.24, 2.45) is 0 Å². The first-order chi connectivity index (χ1) is 14.0. The summed E-state index contributed by atoms with van der Waals surface area (Å²) >= 11 is 3.06. The van der Waals surface area contributed by atoms with Crippen LogP contribution in [0.2, 0.25) is 0 Å². The monoisotopic (exact) mass is 431 g/mol. The quantitative estimate of drug-likeness (QED) is 0.351. The molecular weight excluding hydrogens is 415 g/mol. The van der Waals surface area contributed by atoms with Crippen molar-refractivity contribution in [1.29, 1.82) is 0 Å². The molecule has 2 heterocycles. The van der Waals surface area contributed by atoms with Crippen LogP contribution in [0.3, 0.4) is 0 Å². The van der Waals surface area contributed by atoms with E-state index >= 15 is 0 Å². The number of hydrogen-bond acceptors (Lipinski definition) is 4. The number of thioether (sulfide) groups is 2. The molecule has 0 saturated carbocycles. The van der Waals surface area contributed by atoms with Crippen molar-refractivity contribution >= 4 is 34.6 Å². The number of halogens is 3. The van der Waals surface area contributed by atoms with Gasteiger partial charge in [-0.3, -0.25) is 4.98 Å². The van der Waals surface area contributed by atoms with E-state index in [1.807, 2.05) is 36.4 Å². The van der Waals surface area contributed by atoms with Crippen LogP contribution in [0.25, 0.3) is 11.0 Å². The minimum absolute atomic E-state index is 0.462. The van der Waals surface area contributed by atoms with Crippen molar-refractivity contribution < 1.29 is 13.2 Å². The zero-order valence-corrected chi connectivity index (χ0v) is 16.7. The Kier molecular flexibility index (Phi) is 5.82. The van der Waals surface area contributed by atoms with Crippen molar-refractivity contribution in [3.8, 4) is 0 Å². The van der Waals surface area contributed by atoms with Gasteiger partial charge in [0.15, 0.2) is 5.16 Å². The molecule has 0 spiro atoms. The Morgan fingerprint density at radius 2 is 1.76 bits per heavy atom. The molecule has 0 unspecified atom stereocenters. The Bertz CT molecular complexity index is 1090. The molecule has 8 heteroatoms. The van der Waals surface area contributed by atoms with E-state index in [1.54, 1.807) is 24.0 Å². The molecule has 4 rings (SSSR count). The second kappa shape index (κ2) is 8.51. The molecule has 0 atom stereocenters. The Hall–Kier alpha value is -2.45. The summed E-state index contributed by atoms with van der Waals surface area (Å²) in [6.07, 6.45) is -2.60. The second-order valence-corrected chi connectivity index (χ2v) is 8.33. The van der Waals surface area contributed by atoms with Crippen LogP contribution < -0.4 is 0 Å². The maximum Gasteiger partial charge on any atom is 0.416 e. The number of para-hydroxylation sites is 2. The molecule has 3 nitrogen and oxygen atoms in total. The summed E-state index contributed by atoms with van der Waals surface area (Å²) in [5, 5.41) is 0.829. The van der Waals surface area contributed by atoms with Gasteiger partial charge in [0.2, 0.25) is 0 Å². The Balaban J connectivity index is 1.38. The summed E-state index contributed by atoms with van der Waals surface area (Å²) in [6.45, 7) is 0. The van der Waals surface area contributed by atoms with Crippen LogP contribution in [0.15, 0.2) is 76.9 Å². The highest BCUT2D eigenvalue weighted by molar-refractivity contribution is 7.98. The van der Waals surface area contributed by atoms with E-state index < -0.39 is 11.7 Å². The Morgan fingerprint density at radius 3 is 2.59 bits per heavy atom. The van der Waals surface area contributed by atoms with Gasteiger partial charge in [-0.15, -0.1) is 11.8 Å². The summed E-state index contributed by atoms with van der Waals surface area (Å²) in [7, 11) is 0. The third-order valence-corrected chi connectivity index (χ3v) is 6.14. The van der Waals surface area contributed by atoms with Crippen LogP contribution in [-0.2, 0) is 17.7 Å². The van der Waals surface area contributed by atoms with Gasteiger partial charge in [-0.1, -0.05) is 42.1 Å². The molecule has 0 saturated heterocycles. The minimum Gasteiger partial charge on any atom is -0.333 e. The fourth-order valence-corrected chi connectivity index (χ4v) is 4.45. The fraction of sp³-hybridized carbons (Fsp3) is 0.143. The van der Waals surface area contributed by atoms with Crippen LogP contribution >= 0.6 is 23.5 Å². The van der Waals surface area contributed by atoms with Gasteiger partial charge in [0.05, 0.1) is 22.3 Å². The van der Waals surface area contributed by atoms with Crippen LogP contribution in [0, 0.1) is 0 Å². The van der Waals surface area contributed by atoms with Gasteiger partial charge in [-0.05, 0) is 35.9 Å². The summed E-state index contributed by atoms with van der Waals surface area (Å²) < 4.78 is 38.6. The predicted octanol–water partition coefficient (Wildman–Crippen LogP) is 6.56. The van der Waals surface area contributed by atoms with Gasteiger partial charge in [-0.25, -0.2) is 4.98 Å². The van der Waals surface area contributed by atoms with E-state index in [9.17, 15) is 13.2 Å². The van der Waals surface area contributed by atoms with Gasteiger partial charge in [0, 0.05) is 22.6 Å². The molecule has 2 aromatic carbocycles. The number of benzene rings is 2. The van der Waals surface area contributed by atoms with Crippen molar-refractivity contribution in [3.05, 3.63) is 83.7 Å². The first-order valence-electron chi connectivity index (χ1n) is 8.79. The van der Waals surface area contributed by atoms with Crippen molar-refractivity contribution in [3.63, 3.8) is 0 Å². The number of aromatic amines is 1. The Morgan fingerprint density at radius 1 is 0.897 bits per heavy atom. The number of hydrogen-bond donors (Lipinski definition) is 1. The van der Waals surface area contributed by atoms with Gasteiger partial charge < -0.3 is 4.98 Å². The lowest BCUT2D eigenvalue weighted by Gasteiger charge is -2.09. The lowest BCUT2D eigenvalue weighted by Crippen LogP contribution is -2.04. The number of fused-ring (bicyclic) bond motifs is 1. The number of H-pyrrole nitrogens is 1. The number of aromatic nitrogens is 3. The predicted molar refractivity (Wildman–Crippen MR) is 111 cm³/mol. The zero-order chi connectivity index (χ0) is 20.3. The van der Waals surface area contributed by atoms with E-state index in [0.717, 1.165) is 32.8 Å². The first-order valence-corrected chi connectivity index (χ1v) is 10.8. The van der Waals surface area contributed by atoms with Crippen LogP contribution in [-0.4, -0.2) is 15.0 Å². The maximum absolute atomic E-state index is 12.9. The SMILES string of the molecule is FC(F)(F)c1cccc(CSc2ccnc(CSc3nc4ccccc4[nH]3)c2)c1. The molecule has 0 aliphatic rings. The van der Waals surface area contributed by atoms with Gasteiger partial charge in [0.1, 0.15) is 0 Å². The molecule has 1 N–H and O–H groups in total. The van der Waals surface area contributed by atoms with Crippen molar-refractivity contribution in [1.82, 2.24) is 15.0 Å². The lowest BCUT2D eigenvalue weighted by atomic mass is 10.1. The summed E-state index contributed by atoms with van der Waals surface area (Å²) in [5.74, 6) is 1.11. The van der Waals surface area contributed by atoms with Crippen LogP contribution in [0.1, 0.15) is 16.8 Å². The van der Waals surface area contributed by atoms with Gasteiger partial charge in [-0.2, -0.15) is 13.2 Å². The van der Waals surface area contributed by atoms with E-state index in [1.165, 1.54) is 23.9 Å². The topological polar surface area (TPSA) is 41.6 Å². The Labute approximate surface area is 174 Å². The third kappa shape index (κ3) is 5.13. The number of rotatable bonds is 6. The summed E-state index contributed by atoms with van der Waals surface area (Å²) in [5.41, 5.74) is 2.83. The minimum atomic E-state index is -4.32. The fourth-order valence-electron chi connectivity index (χ4n) is 2.77. The lowest BCUT2D eigenvalue weighted by molar-refractivity contribution is -0.137. The normalized spacial score (nSPS) is 11.8. The smallest absolute Gasteiger partial charge is 0.333 e.